The fourth-order valence-corrected chi connectivity index (χ4v) is 5.40. The molecule has 4 rings (SSSR count). The molecular weight excluding hydrogens is 400 g/mol. The summed E-state index contributed by atoms with van der Waals surface area (Å²) in [5, 5.41) is 3.51. The van der Waals surface area contributed by atoms with Crippen LogP contribution in [0.1, 0.15) is 66.4 Å². The number of hydrogen-bond donors (Lipinski definition) is 1. The molecule has 1 aliphatic heterocycles. The Bertz CT molecular complexity index is 904. The van der Waals surface area contributed by atoms with Crippen LogP contribution in [0.5, 0.6) is 0 Å². The first-order valence-electron chi connectivity index (χ1n) is 11.8. The molecule has 0 spiro atoms. The van der Waals surface area contributed by atoms with Gasteiger partial charge in [0.25, 0.3) is 0 Å². The zero-order valence-corrected chi connectivity index (χ0v) is 19.0. The van der Waals surface area contributed by atoms with E-state index in [1.165, 1.54) is 38.4 Å². The van der Waals surface area contributed by atoms with Gasteiger partial charge in [0, 0.05) is 31.0 Å². The SMILES string of the molecule is COC(=O)c1ccc(CNCC[C@H]2CCC(=O)N2CC2(c3ccccc3)CCCC2)cc1. The normalized spacial score (nSPS) is 20.0. The van der Waals surface area contributed by atoms with Crippen LogP contribution in [0.3, 0.4) is 0 Å². The molecule has 0 unspecified atom stereocenters. The number of nitrogens with one attached hydrogen (secondary N) is 1. The number of esters is 1. The van der Waals surface area contributed by atoms with Crippen molar-refractivity contribution in [2.75, 3.05) is 20.2 Å². The second-order valence-corrected chi connectivity index (χ2v) is 9.22. The Kier molecular flexibility index (Phi) is 7.26. The van der Waals surface area contributed by atoms with E-state index in [0.717, 1.165) is 38.0 Å². The lowest BCUT2D eigenvalue weighted by Gasteiger charge is -2.37. The Morgan fingerprint density at radius 1 is 1.09 bits per heavy atom. The Morgan fingerprint density at radius 3 is 2.50 bits per heavy atom. The number of hydrogen-bond acceptors (Lipinski definition) is 4. The van der Waals surface area contributed by atoms with Crippen molar-refractivity contribution >= 4 is 11.9 Å². The van der Waals surface area contributed by atoms with Gasteiger partial charge in [0.05, 0.1) is 12.7 Å². The number of carbonyl (C=O) groups excluding carboxylic acids is 2. The van der Waals surface area contributed by atoms with Crippen LogP contribution < -0.4 is 5.32 Å². The first kappa shape index (κ1) is 22.5. The van der Waals surface area contributed by atoms with Crippen molar-refractivity contribution in [3.05, 3.63) is 71.3 Å². The third kappa shape index (κ3) is 5.04. The number of amides is 1. The average Bonchev–Trinajstić information content (AvgIpc) is 3.45. The van der Waals surface area contributed by atoms with E-state index in [0.29, 0.717) is 23.9 Å². The first-order valence-corrected chi connectivity index (χ1v) is 11.8. The number of likely N-dealkylation sites (tertiary alicyclic amines) is 1. The summed E-state index contributed by atoms with van der Waals surface area (Å²) < 4.78 is 4.75. The lowest BCUT2D eigenvalue weighted by Crippen LogP contribution is -2.44. The van der Waals surface area contributed by atoms with Crippen LogP contribution >= 0.6 is 0 Å². The maximum Gasteiger partial charge on any atom is 0.337 e. The summed E-state index contributed by atoms with van der Waals surface area (Å²) in [4.78, 5) is 26.5. The van der Waals surface area contributed by atoms with Gasteiger partial charge in [0.15, 0.2) is 0 Å². The van der Waals surface area contributed by atoms with Crippen molar-refractivity contribution in [1.29, 1.82) is 0 Å². The largest absolute Gasteiger partial charge is 0.465 e. The maximum absolute atomic E-state index is 12.8. The molecule has 2 fully saturated rings. The fourth-order valence-electron chi connectivity index (χ4n) is 5.40. The van der Waals surface area contributed by atoms with E-state index >= 15 is 0 Å². The van der Waals surface area contributed by atoms with Crippen LogP contribution in [0, 0.1) is 0 Å². The Hall–Kier alpha value is -2.66. The Morgan fingerprint density at radius 2 is 1.81 bits per heavy atom. The van der Waals surface area contributed by atoms with E-state index < -0.39 is 0 Å². The maximum atomic E-state index is 12.8. The van der Waals surface area contributed by atoms with E-state index in [2.05, 4.69) is 40.5 Å². The molecule has 5 heteroatoms. The molecule has 2 aromatic carbocycles. The van der Waals surface area contributed by atoms with Crippen LogP contribution in [-0.4, -0.2) is 43.0 Å². The highest BCUT2D eigenvalue weighted by Crippen LogP contribution is 2.43. The highest BCUT2D eigenvalue weighted by atomic mass is 16.5. The first-order chi connectivity index (χ1) is 15.6. The summed E-state index contributed by atoms with van der Waals surface area (Å²) in [7, 11) is 1.39. The van der Waals surface area contributed by atoms with Crippen LogP contribution in [0.2, 0.25) is 0 Å². The van der Waals surface area contributed by atoms with Crippen LogP contribution in [0.25, 0.3) is 0 Å². The third-order valence-corrected chi connectivity index (χ3v) is 7.23. The van der Waals surface area contributed by atoms with Gasteiger partial charge in [-0.1, -0.05) is 55.3 Å². The molecule has 1 N–H and O–H groups in total. The lowest BCUT2D eigenvalue weighted by atomic mass is 9.78. The molecule has 32 heavy (non-hydrogen) atoms. The smallest absolute Gasteiger partial charge is 0.337 e. The van der Waals surface area contributed by atoms with Gasteiger partial charge in [-0.15, -0.1) is 0 Å². The minimum Gasteiger partial charge on any atom is -0.465 e. The van der Waals surface area contributed by atoms with Gasteiger partial charge in [-0.05, 0) is 55.5 Å². The van der Waals surface area contributed by atoms with E-state index in [4.69, 9.17) is 4.74 Å². The van der Waals surface area contributed by atoms with E-state index in [1.54, 1.807) is 12.1 Å². The molecule has 2 aromatic rings. The number of ether oxygens (including phenoxy) is 1. The van der Waals surface area contributed by atoms with Crippen LogP contribution in [-0.2, 0) is 21.5 Å². The van der Waals surface area contributed by atoms with Gasteiger partial charge < -0.3 is 15.0 Å². The number of benzene rings is 2. The molecule has 1 heterocycles. The van der Waals surface area contributed by atoms with Gasteiger partial charge >= 0.3 is 5.97 Å². The molecule has 1 aliphatic carbocycles. The lowest BCUT2D eigenvalue weighted by molar-refractivity contribution is -0.129. The second-order valence-electron chi connectivity index (χ2n) is 9.22. The summed E-state index contributed by atoms with van der Waals surface area (Å²) >= 11 is 0. The van der Waals surface area contributed by atoms with Crippen molar-refractivity contribution in [2.45, 2.75) is 62.9 Å². The van der Waals surface area contributed by atoms with E-state index in [1.807, 2.05) is 12.1 Å². The number of nitrogens with zero attached hydrogens (tertiary/aromatic N) is 1. The highest BCUT2D eigenvalue weighted by Gasteiger charge is 2.41. The molecule has 0 bridgehead atoms. The monoisotopic (exact) mass is 434 g/mol. The number of methoxy groups -OCH3 is 1. The second kappa shape index (κ2) is 10.3. The van der Waals surface area contributed by atoms with Gasteiger partial charge in [0.2, 0.25) is 5.91 Å². The van der Waals surface area contributed by atoms with Crippen molar-refractivity contribution in [3.8, 4) is 0 Å². The van der Waals surface area contributed by atoms with Gasteiger partial charge in [-0.25, -0.2) is 4.79 Å². The van der Waals surface area contributed by atoms with Gasteiger partial charge in [-0.2, -0.15) is 0 Å². The zero-order chi connectivity index (χ0) is 22.4. The summed E-state index contributed by atoms with van der Waals surface area (Å²) in [5.74, 6) is 0.00152. The van der Waals surface area contributed by atoms with Gasteiger partial charge in [-0.3, -0.25) is 4.79 Å². The van der Waals surface area contributed by atoms with Crippen LogP contribution in [0.4, 0.5) is 0 Å². The van der Waals surface area contributed by atoms with Crippen LogP contribution in [0.15, 0.2) is 54.6 Å². The van der Waals surface area contributed by atoms with Crippen molar-refractivity contribution < 1.29 is 14.3 Å². The predicted octanol–water partition coefficient (Wildman–Crippen LogP) is 4.46. The van der Waals surface area contributed by atoms with Crippen molar-refractivity contribution in [2.24, 2.45) is 0 Å². The fraction of sp³-hybridized carbons (Fsp3) is 0.481. The number of rotatable bonds is 9. The predicted molar refractivity (Wildman–Crippen MR) is 125 cm³/mol. The minimum absolute atomic E-state index is 0.119. The Balaban J connectivity index is 1.32. The highest BCUT2D eigenvalue weighted by molar-refractivity contribution is 5.89. The third-order valence-electron chi connectivity index (χ3n) is 7.23. The minimum atomic E-state index is -0.314. The summed E-state index contributed by atoms with van der Waals surface area (Å²) in [5.41, 5.74) is 3.21. The molecular formula is C27H34N2O3. The quantitative estimate of drug-likeness (QED) is 0.468. The molecule has 1 atom stereocenters. The molecule has 1 saturated heterocycles. The van der Waals surface area contributed by atoms with E-state index in [-0.39, 0.29) is 11.4 Å². The molecule has 0 radical (unpaired) electrons. The standard InChI is InChI=1S/C27H34N2O3/c1-32-26(31)22-11-9-21(10-12-22)19-28-18-15-24-13-14-25(30)29(24)20-27(16-5-6-17-27)23-7-3-2-4-8-23/h2-4,7-12,24,28H,5-6,13-20H2,1H3/t24-/m1/s1. The molecule has 170 valence electrons. The molecule has 1 amide bonds. The van der Waals surface area contributed by atoms with Gasteiger partial charge in [0.1, 0.15) is 0 Å². The number of carbonyl (C=O) groups is 2. The van der Waals surface area contributed by atoms with Crippen molar-refractivity contribution in [1.82, 2.24) is 10.2 Å². The Labute approximate surface area is 191 Å². The zero-order valence-electron chi connectivity index (χ0n) is 19.0. The molecule has 5 nitrogen and oxygen atoms in total. The molecule has 0 aromatic heterocycles. The van der Waals surface area contributed by atoms with E-state index in [9.17, 15) is 9.59 Å². The average molecular weight is 435 g/mol. The van der Waals surface area contributed by atoms with Crippen molar-refractivity contribution in [3.63, 3.8) is 0 Å². The molecule has 1 saturated carbocycles. The summed E-state index contributed by atoms with van der Waals surface area (Å²) in [6, 6.07) is 18.6. The molecule has 2 aliphatic rings. The summed E-state index contributed by atoms with van der Waals surface area (Å²) in [6.07, 6.45) is 7.44. The summed E-state index contributed by atoms with van der Waals surface area (Å²) in [6.45, 7) is 2.47. The topological polar surface area (TPSA) is 58.6 Å².